The molecule has 0 spiro atoms. The fourth-order valence-corrected chi connectivity index (χ4v) is 9.27. The van der Waals surface area contributed by atoms with Crippen LogP contribution in [0.3, 0.4) is 0 Å². The molecule has 208 valence electrons. The molecule has 11 N–H and O–H groups in total. The molecule has 0 aromatic rings. The molecule has 0 bridgehead atoms. The van der Waals surface area contributed by atoms with E-state index in [1.807, 2.05) is 0 Å². The van der Waals surface area contributed by atoms with E-state index in [4.69, 9.17) is 0 Å². The van der Waals surface area contributed by atoms with E-state index in [2.05, 4.69) is 0 Å². The maximum absolute atomic E-state index is 11.9. The molecular formula is C25H42O11. The van der Waals surface area contributed by atoms with Gasteiger partial charge in [-0.05, 0) is 43.9 Å². The van der Waals surface area contributed by atoms with E-state index in [-0.39, 0.29) is 12.3 Å². The predicted octanol–water partition coefficient (Wildman–Crippen LogP) is -2.92. The van der Waals surface area contributed by atoms with Crippen LogP contribution in [0, 0.1) is 29.6 Å². The van der Waals surface area contributed by atoms with Crippen molar-refractivity contribution in [1.82, 2.24) is 0 Å². The van der Waals surface area contributed by atoms with Gasteiger partial charge in [0, 0.05) is 24.7 Å². The minimum absolute atomic E-state index is 0.0723. The Bertz CT molecular complexity index is 835. The Morgan fingerprint density at radius 3 is 1.94 bits per heavy atom. The fraction of sp³-hybridized carbons (Fsp3) is 1.00. The molecule has 0 amide bonds. The van der Waals surface area contributed by atoms with Crippen LogP contribution in [0.25, 0.3) is 0 Å². The lowest BCUT2D eigenvalue weighted by molar-refractivity contribution is -0.373. The maximum Gasteiger partial charge on any atom is 0.159 e. The van der Waals surface area contributed by atoms with Crippen LogP contribution in [0.15, 0.2) is 0 Å². The Morgan fingerprint density at radius 2 is 1.33 bits per heavy atom. The van der Waals surface area contributed by atoms with Gasteiger partial charge in [-0.3, -0.25) is 0 Å². The van der Waals surface area contributed by atoms with Crippen molar-refractivity contribution < 1.29 is 56.2 Å². The van der Waals surface area contributed by atoms with E-state index < -0.39 is 95.7 Å². The second kappa shape index (κ2) is 8.79. The van der Waals surface area contributed by atoms with Gasteiger partial charge < -0.3 is 56.2 Å². The minimum Gasteiger partial charge on any atom is -0.393 e. The zero-order chi connectivity index (χ0) is 26.4. The highest BCUT2D eigenvalue weighted by molar-refractivity contribution is 5.26. The Hall–Kier alpha value is -0.440. The monoisotopic (exact) mass is 518 g/mol. The second-order valence-corrected chi connectivity index (χ2v) is 12.7. The molecule has 0 radical (unpaired) electrons. The Kier molecular flexibility index (Phi) is 6.62. The quantitative estimate of drug-likeness (QED) is 0.166. The summed E-state index contributed by atoms with van der Waals surface area (Å²) in [7, 11) is 0. The van der Waals surface area contributed by atoms with Gasteiger partial charge in [0.25, 0.3) is 0 Å². The number of rotatable bonds is 2. The highest BCUT2D eigenvalue weighted by atomic mass is 16.5. The Morgan fingerprint density at radius 1 is 0.694 bits per heavy atom. The summed E-state index contributed by atoms with van der Waals surface area (Å²) >= 11 is 0. The molecule has 0 heterocycles. The summed E-state index contributed by atoms with van der Waals surface area (Å²) in [6.07, 6.45) is -7.44. The zero-order valence-corrected chi connectivity index (χ0v) is 20.3. The van der Waals surface area contributed by atoms with Crippen molar-refractivity contribution in [1.29, 1.82) is 0 Å². The summed E-state index contributed by atoms with van der Waals surface area (Å²) < 4.78 is 0. The lowest BCUT2D eigenvalue weighted by Crippen LogP contribution is -2.83. The average Bonchev–Trinajstić information content (AvgIpc) is 2.76. The van der Waals surface area contributed by atoms with Crippen molar-refractivity contribution in [2.24, 2.45) is 29.6 Å². The third-order valence-corrected chi connectivity index (χ3v) is 10.9. The molecule has 13 unspecified atom stereocenters. The highest BCUT2D eigenvalue weighted by Crippen LogP contribution is 2.62. The van der Waals surface area contributed by atoms with E-state index in [9.17, 15) is 56.2 Å². The van der Waals surface area contributed by atoms with Crippen LogP contribution in [0.2, 0.25) is 0 Å². The summed E-state index contributed by atoms with van der Waals surface area (Å²) in [5.41, 5.74) is -8.19. The van der Waals surface area contributed by atoms with Gasteiger partial charge in [-0.2, -0.15) is 0 Å². The molecule has 0 aromatic heterocycles. The van der Waals surface area contributed by atoms with Crippen molar-refractivity contribution in [3.8, 4) is 0 Å². The molecule has 5 aliphatic carbocycles. The number of hydrogen-bond donors (Lipinski definition) is 11. The van der Waals surface area contributed by atoms with Gasteiger partial charge in [0.15, 0.2) is 6.29 Å². The molecule has 5 rings (SSSR count). The smallest absolute Gasteiger partial charge is 0.159 e. The number of aliphatic hydroxyl groups excluding tert-OH is 6. The molecule has 5 fully saturated rings. The standard InChI is InChI=1S/C25H42O11/c26-13-5-4-12(22(33)6-2-1-3-7-22)11-8-23(34)10-24(35)9-14(27)16(21(31)32)19(29)25(24,36)20(30)17(23)18(28)15(11)13/h11-21,26-36H,1-10H2. The first-order chi connectivity index (χ1) is 16.7. The van der Waals surface area contributed by atoms with E-state index >= 15 is 0 Å². The zero-order valence-electron chi connectivity index (χ0n) is 20.3. The summed E-state index contributed by atoms with van der Waals surface area (Å²) in [5.74, 6) is -4.88. The van der Waals surface area contributed by atoms with Crippen molar-refractivity contribution in [2.75, 3.05) is 0 Å². The lowest BCUT2D eigenvalue weighted by Gasteiger charge is -2.67. The molecular weight excluding hydrogens is 476 g/mol. The third kappa shape index (κ3) is 3.59. The van der Waals surface area contributed by atoms with Gasteiger partial charge in [-0.25, -0.2) is 0 Å². The van der Waals surface area contributed by atoms with Crippen LogP contribution in [0.4, 0.5) is 0 Å². The first kappa shape index (κ1) is 27.1. The second-order valence-electron chi connectivity index (χ2n) is 12.7. The van der Waals surface area contributed by atoms with Gasteiger partial charge in [-0.1, -0.05) is 19.3 Å². The van der Waals surface area contributed by atoms with E-state index in [0.717, 1.165) is 19.3 Å². The first-order valence-corrected chi connectivity index (χ1v) is 13.4. The number of aliphatic hydroxyl groups is 11. The normalized spacial score (nSPS) is 57.0. The summed E-state index contributed by atoms with van der Waals surface area (Å²) in [6, 6.07) is 0. The number of hydrogen-bond acceptors (Lipinski definition) is 11. The van der Waals surface area contributed by atoms with Crippen LogP contribution >= 0.6 is 0 Å². The largest absolute Gasteiger partial charge is 0.393 e. The van der Waals surface area contributed by atoms with Crippen LogP contribution < -0.4 is 0 Å². The molecule has 5 saturated carbocycles. The van der Waals surface area contributed by atoms with Gasteiger partial charge in [-0.15, -0.1) is 0 Å². The van der Waals surface area contributed by atoms with Crippen LogP contribution in [0.1, 0.15) is 64.2 Å². The summed E-state index contributed by atoms with van der Waals surface area (Å²) in [6.45, 7) is 0. The van der Waals surface area contributed by atoms with Gasteiger partial charge in [0.1, 0.15) is 11.2 Å². The average molecular weight is 519 g/mol. The topological polar surface area (TPSA) is 223 Å². The molecule has 11 heteroatoms. The molecule has 11 nitrogen and oxygen atoms in total. The third-order valence-electron chi connectivity index (χ3n) is 10.9. The molecule has 13 atom stereocenters. The van der Waals surface area contributed by atoms with Crippen molar-refractivity contribution in [3.63, 3.8) is 0 Å². The number of fused-ring (bicyclic) bond motifs is 3. The lowest BCUT2D eigenvalue weighted by atomic mass is 9.44. The summed E-state index contributed by atoms with van der Waals surface area (Å²) in [5, 5.41) is 121. The van der Waals surface area contributed by atoms with E-state index in [1.165, 1.54) is 0 Å². The predicted molar refractivity (Wildman–Crippen MR) is 122 cm³/mol. The van der Waals surface area contributed by atoms with Crippen molar-refractivity contribution in [2.45, 2.75) is 123 Å². The van der Waals surface area contributed by atoms with E-state index in [1.54, 1.807) is 0 Å². The van der Waals surface area contributed by atoms with E-state index in [0.29, 0.717) is 25.7 Å². The van der Waals surface area contributed by atoms with Crippen molar-refractivity contribution in [3.05, 3.63) is 0 Å². The van der Waals surface area contributed by atoms with Gasteiger partial charge in [0.05, 0.1) is 47.6 Å². The van der Waals surface area contributed by atoms with Gasteiger partial charge >= 0.3 is 0 Å². The van der Waals surface area contributed by atoms with Crippen LogP contribution in [-0.4, -0.2) is 115 Å². The SMILES string of the molecule is OC(O)C1C(O)CC2(O)CC3(O)CC4C(C(O)CCC4C4(O)CCCCC4)C(O)C3C(O)C2(O)C1O. The molecule has 0 aliphatic heterocycles. The van der Waals surface area contributed by atoms with Crippen LogP contribution in [-0.2, 0) is 0 Å². The first-order valence-electron chi connectivity index (χ1n) is 13.4. The molecule has 36 heavy (non-hydrogen) atoms. The Labute approximate surface area is 209 Å². The molecule has 5 aliphatic rings. The Balaban J connectivity index is 1.54. The highest BCUT2D eigenvalue weighted by Gasteiger charge is 2.76. The van der Waals surface area contributed by atoms with Crippen molar-refractivity contribution >= 4 is 0 Å². The summed E-state index contributed by atoms with van der Waals surface area (Å²) in [4.78, 5) is 0. The molecule has 0 saturated heterocycles. The minimum atomic E-state index is -2.80. The molecule has 0 aromatic carbocycles. The maximum atomic E-state index is 11.9. The van der Waals surface area contributed by atoms with Gasteiger partial charge in [0.2, 0.25) is 0 Å². The van der Waals surface area contributed by atoms with Crippen LogP contribution in [0.5, 0.6) is 0 Å². The fourth-order valence-electron chi connectivity index (χ4n) is 9.27.